The molecule has 0 bridgehead atoms. The highest BCUT2D eigenvalue weighted by Crippen LogP contribution is 2.24. The van der Waals surface area contributed by atoms with Crippen molar-refractivity contribution >= 4 is 5.91 Å². The van der Waals surface area contributed by atoms with E-state index in [4.69, 9.17) is 14.2 Å². The first kappa shape index (κ1) is 18.7. The summed E-state index contributed by atoms with van der Waals surface area (Å²) in [5.74, 6) is 1.46. The first-order chi connectivity index (χ1) is 14.2. The molecule has 0 spiro atoms. The molecule has 9 heteroatoms. The van der Waals surface area contributed by atoms with Crippen molar-refractivity contribution < 1.29 is 19.0 Å². The van der Waals surface area contributed by atoms with Gasteiger partial charge in [0.2, 0.25) is 11.8 Å². The number of methoxy groups -OCH3 is 2. The lowest BCUT2D eigenvalue weighted by atomic mass is 10.1. The number of aromatic nitrogens is 4. The van der Waals surface area contributed by atoms with E-state index in [9.17, 15) is 4.79 Å². The van der Waals surface area contributed by atoms with E-state index in [2.05, 4.69) is 20.4 Å². The fourth-order valence-corrected chi connectivity index (χ4v) is 3.19. The Morgan fingerprint density at radius 2 is 1.93 bits per heavy atom. The quantitative estimate of drug-likeness (QED) is 0.682. The van der Waals surface area contributed by atoms with Crippen LogP contribution in [0.2, 0.25) is 0 Å². The topological polar surface area (TPSA) is 102 Å². The third-order valence-corrected chi connectivity index (χ3v) is 4.72. The molecule has 150 valence electrons. The van der Waals surface area contributed by atoms with Gasteiger partial charge in [0.25, 0.3) is 5.91 Å². The maximum Gasteiger partial charge on any atom is 0.272 e. The fourth-order valence-electron chi connectivity index (χ4n) is 3.19. The predicted molar refractivity (Wildman–Crippen MR) is 104 cm³/mol. The first-order valence-electron chi connectivity index (χ1n) is 9.20. The van der Waals surface area contributed by atoms with Crippen molar-refractivity contribution in [3.63, 3.8) is 0 Å². The molecule has 0 saturated carbocycles. The van der Waals surface area contributed by atoms with Crippen molar-refractivity contribution in [2.75, 3.05) is 27.3 Å². The average molecular weight is 395 g/mol. The number of aromatic amines is 1. The van der Waals surface area contributed by atoms with E-state index in [0.29, 0.717) is 36.2 Å². The molecule has 0 radical (unpaired) electrons. The third kappa shape index (κ3) is 4.13. The number of amides is 1. The van der Waals surface area contributed by atoms with Crippen molar-refractivity contribution in [1.29, 1.82) is 0 Å². The van der Waals surface area contributed by atoms with Gasteiger partial charge in [0.05, 0.1) is 26.5 Å². The van der Waals surface area contributed by atoms with Crippen LogP contribution in [0, 0.1) is 0 Å². The van der Waals surface area contributed by atoms with Gasteiger partial charge >= 0.3 is 0 Å². The summed E-state index contributed by atoms with van der Waals surface area (Å²) in [7, 11) is 3.14. The fraction of sp³-hybridized carbons (Fsp3) is 0.300. The molecule has 1 fully saturated rings. The lowest BCUT2D eigenvalue weighted by Gasteiger charge is -2.15. The summed E-state index contributed by atoms with van der Waals surface area (Å²) in [4.78, 5) is 14.6. The van der Waals surface area contributed by atoms with Crippen molar-refractivity contribution in [3.05, 3.63) is 48.2 Å². The van der Waals surface area contributed by atoms with Gasteiger partial charge in [-0.2, -0.15) is 5.10 Å². The second-order valence-electron chi connectivity index (χ2n) is 6.59. The Bertz CT molecular complexity index is 989. The summed E-state index contributed by atoms with van der Waals surface area (Å²) in [5.41, 5.74) is 2.00. The lowest BCUT2D eigenvalue weighted by Crippen LogP contribution is -2.31. The highest BCUT2D eigenvalue weighted by atomic mass is 16.5. The summed E-state index contributed by atoms with van der Waals surface area (Å²) < 4.78 is 16.1. The molecule has 1 amide bonds. The molecular formula is C20H21N5O4. The van der Waals surface area contributed by atoms with Crippen LogP contribution in [0.3, 0.4) is 0 Å². The number of nitrogens with one attached hydrogen (secondary N) is 1. The van der Waals surface area contributed by atoms with Crippen LogP contribution in [-0.2, 0) is 0 Å². The van der Waals surface area contributed by atoms with Crippen LogP contribution < -0.4 is 14.2 Å². The van der Waals surface area contributed by atoms with Gasteiger partial charge in [-0.15, -0.1) is 10.2 Å². The molecule has 2 aromatic heterocycles. The molecule has 29 heavy (non-hydrogen) atoms. The summed E-state index contributed by atoms with van der Waals surface area (Å²) in [6.07, 6.45) is 0.582. The van der Waals surface area contributed by atoms with Crippen LogP contribution in [0.15, 0.2) is 42.5 Å². The SMILES string of the molecule is COc1cccc(-c2cc(C(=O)N3CCC(Oc4ccc(OC)nn4)C3)[nH]n2)c1. The van der Waals surface area contributed by atoms with Crippen LogP contribution in [0.1, 0.15) is 16.9 Å². The molecule has 3 aromatic rings. The molecular weight excluding hydrogens is 374 g/mol. The minimum Gasteiger partial charge on any atom is -0.497 e. The average Bonchev–Trinajstić information content (AvgIpc) is 3.44. The monoisotopic (exact) mass is 395 g/mol. The van der Waals surface area contributed by atoms with Gasteiger partial charge < -0.3 is 19.1 Å². The largest absolute Gasteiger partial charge is 0.497 e. The first-order valence-corrected chi connectivity index (χ1v) is 9.20. The number of H-pyrrole nitrogens is 1. The highest BCUT2D eigenvalue weighted by Gasteiger charge is 2.29. The van der Waals surface area contributed by atoms with E-state index in [1.807, 2.05) is 24.3 Å². The highest BCUT2D eigenvalue weighted by molar-refractivity contribution is 5.93. The van der Waals surface area contributed by atoms with Gasteiger partial charge in [-0.1, -0.05) is 12.1 Å². The minimum atomic E-state index is -0.137. The standard InChI is InChI=1S/C20H21N5O4/c1-27-14-5-3-4-13(10-14)16-11-17(22-21-16)20(26)25-9-8-15(12-25)29-19-7-6-18(28-2)23-24-19/h3-7,10-11,15H,8-9,12H2,1-2H3,(H,21,22). The number of hydrogen-bond acceptors (Lipinski definition) is 7. The second-order valence-corrected chi connectivity index (χ2v) is 6.59. The van der Waals surface area contributed by atoms with E-state index in [-0.39, 0.29) is 12.0 Å². The van der Waals surface area contributed by atoms with E-state index < -0.39 is 0 Å². The Balaban J connectivity index is 1.39. The second kappa shape index (κ2) is 8.17. The maximum atomic E-state index is 12.8. The van der Waals surface area contributed by atoms with E-state index in [1.165, 1.54) is 7.11 Å². The number of likely N-dealkylation sites (tertiary alicyclic amines) is 1. The number of hydrogen-bond donors (Lipinski definition) is 1. The third-order valence-electron chi connectivity index (χ3n) is 4.72. The molecule has 0 aliphatic carbocycles. The molecule has 1 N–H and O–H groups in total. The molecule has 1 aliphatic rings. The zero-order valence-electron chi connectivity index (χ0n) is 16.2. The Labute approximate surface area is 167 Å². The minimum absolute atomic E-state index is 0.112. The Hall–Kier alpha value is -3.62. The number of rotatable bonds is 6. The van der Waals surface area contributed by atoms with Gasteiger partial charge in [-0.3, -0.25) is 9.89 Å². The normalized spacial score (nSPS) is 15.9. The van der Waals surface area contributed by atoms with Gasteiger partial charge in [0.15, 0.2) is 0 Å². The van der Waals surface area contributed by atoms with Gasteiger partial charge in [-0.25, -0.2) is 0 Å². The molecule has 1 saturated heterocycles. The summed E-state index contributed by atoms with van der Waals surface area (Å²) in [6, 6.07) is 12.7. The van der Waals surface area contributed by atoms with Crippen molar-refractivity contribution in [1.82, 2.24) is 25.3 Å². The summed E-state index contributed by atoms with van der Waals surface area (Å²) in [6.45, 7) is 1.07. The molecule has 1 aromatic carbocycles. The van der Waals surface area contributed by atoms with Gasteiger partial charge in [0, 0.05) is 30.7 Å². The van der Waals surface area contributed by atoms with Crippen LogP contribution in [0.5, 0.6) is 17.5 Å². The zero-order chi connectivity index (χ0) is 20.2. The maximum absolute atomic E-state index is 12.8. The van der Waals surface area contributed by atoms with E-state index in [1.54, 1.807) is 30.2 Å². The van der Waals surface area contributed by atoms with E-state index in [0.717, 1.165) is 17.7 Å². The predicted octanol–water partition coefficient (Wildman–Crippen LogP) is 2.18. The van der Waals surface area contributed by atoms with Crippen LogP contribution in [0.25, 0.3) is 11.3 Å². The Morgan fingerprint density at radius 1 is 1.10 bits per heavy atom. The van der Waals surface area contributed by atoms with Crippen LogP contribution in [-0.4, -0.2) is 64.6 Å². The molecule has 4 rings (SSSR count). The van der Waals surface area contributed by atoms with Gasteiger partial charge in [-0.05, 0) is 18.2 Å². The Morgan fingerprint density at radius 3 is 2.69 bits per heavy atom. The molecule has 3 heterocycles. The number of nitrogens with zero attached hydrogens (tertiary/aromatic N) is 4. The van der Waals surface area contributed by atoms with Crippen molar-refractivity contribution in [3.8, 4) is 28.8 Å². The van der Waals surface area contributed by atoms with Gasteiger partial charge in [0.1, 0.15) is 17.5 Å². The molecule has 9 nitrogen and oxygen atoms in total. The number of carbonyl (C=O) groups is 1. The summed E-state index contributed by atoms with van der Waals surface area (Å²) in [5, 5.41) is 15.0. The molecule has 1 atom stereocenters. The molecule has 1 aliphatic heterocycles. The summed E-state index contributed by atoms with van der Waals surface area (Å²) >= 11 is 0. The zero-order valence-corrected chi connectivity index (χ0v) is 16.2. The smallest absolute Gasteiger partial charge is 0.272 e. The number of benzene rings is 1. The van der Waals surface area contributed by atoms with Crippen LogP contribution in [0.4, 0.5) is 0 Å². The van der Waals surface area contributed by atoms with Crippen LogP contribution >= 0.6 is 0 Å². The number of carbonyl (C=O) groups excluding carboxylic acids is 1. The van der Waals surface area contributed by atoms with Crippen molar-refractivity contribution in [2.24, 2.45) is 0 Å². The lowest BCUT2D eigenvalue weighted by molar-refractivity contribution is 0.0765. The number of ether oxygens (including phenoxy) is 3. The molecule has 1 unspecified atom stereocenters. The van der Waals surface area contributed by atoms with E-state index >= 15 is 0 Å². The Kier molecular flexibility index (Phi) is 5.28. The van der Waals surface area contributed by atoms with Crippen molar-refractivity contribution in [2.45, 2.75) is 12.5 Å².